The molecule has 1 aromatic heterocycles. The van der Waals surface area contributed by atoms with Crippen LogP contribution in [0.3, 0.4) is 0 Å². The van der Waals surface area contributed by atoms with Gasteiger partial charge in [-0.05, 0) is 43.3 Å². The van der Waals surface area contributed by atoms with Gasteiger partial charge in [-0.2, -0.15) is 5.26 Å². The molecule has 9 nitrogen and oxygen atoms in total. The highest BCUT2D eigenvalue weighted by atomic mass is 35.5. The first kappa shape index (κ1) is 24.7. The third-order valence-corrected chi connectivity index (χ3v) is 7.36. The van der Waals surface area contributed by atoms with Crippen LogP contribution < -0.4 is 5.32 Å². The van der Waals surface area contributed by atoms with Gasteiger partial charge >= 0.3 is 0 Å². The molecule has 36 heavy (non-hydrogen) atoms. The summed E-state index contributed by atoms with van der Waals surface area (Å²) in [5, 5.41) is 23.6. The lowest BCUT2D eigenvalue weighted by Crippen LogP contribution is -2.13. The van der Waals surface area contributed by atoms with Crippen molar-refractivity contribution in [1.29, 1.82) is 5.26 Å². The van der Waals surface area contributed by atoms with Crippen LogP contribution in [-0.4, -0.2) is 23.2 Å². The number of fused-ring (bicyclic) bond motifs is 1. The molecule has 0 saturated carbocycles. The van der Waals surface area contributed by atoms with Gasteiger partial charge in [-0.15, -0.1) is 0 Å². The van der Waals surface area contributed by atoms with Gasteiger partial charge < -0.3 is 5.32 Å². The van der Waals surface area contributed by atoms with E-state index >= 15 is 0 Å². The highest BCUT2D eigenvalue weighted by Gasteiger charge is 2.22. The van der Waals surface area contributed by atoms with Crippen molar-refractivity contribution in [2.45, 2.75) is 11.8 Å². The quantitative estimate of drug-likeness (QED) is 0.159. The summed E-state index contributed by atoms with van der Waals surface area (Å²) < 4.78 is 27.8. The Bertz CT molecular complexity index is 1700. The standard InChI is InChI=1S/C25H17ClN4O5S/c1-16-6-9-20(10-7-16)36(34,35)29-15-18(21-4-2-3-5-23(21)29)12-17(14-27)25(31)28-19-8-11-22(26)24(13-19)30(32)33/h2-13,15H,1H3,(H,28,31)/b17-12+. The maximum absolute atomic E-state index is 13.3. The molecule has 0 radical (unpaired) electrons. The molecule has 0 atom stereocenters. The van der Waals surface area contributed by atoms with Crippen LogP contribution >= 0.6 is 11.6 Å². The van der Waals surface area contributed by atoms with Crippen molar-refractivity contribution < 1.29 is 18.1 Å². The second-order valence-electron chi connectivity index (χ2n) is 7.76. The molecule has 3 aromatic carbocycles. The summed E-state index contributed by atoms with van der Waals surface area (Å²) >= 11 is 5.80. The Hall–Kier alpha value is -4.46. The Morgan fingerprint density at radius 2 is 1.83 bits per heavy atom. The maximum Gasteiger partial charge on any atom is 0.289 e. The van der Waals surface area contributed by atoms with E-state index in [1.165, 1.54) is 36.5 Å². The molecule has 11 heteroatoms. The zero-order valence-electron chi connectivity index (χ0n) is 18.7. The molecule has 180 valence electrons. The fraction of sp³-hybridized carbons (Fsp3) is 0.0400. The van der Waals surface area contributed by atoms with Crippen molar-refractivity contribution in [3.63, 3.8) is 0 Å². The lowest BCUT2D eigenvalue weighted by atomic mass is 10.1. The van der Waals surface area contributed by atoms with Gasteiger partial charge in [0.1, 0.15) is 16.7 Å². The number of nitro benzene ring substituents is 1. The minimum Gasteiger partial charge on any atom is -0.321 e. The fourth-order valence-corrected chi connectivity index (χ4v) is 5.11. The average Bonchev–Trinajstić information content (AvgIpc) is 3.23. The molecule has 0 aliphatic heterocycles. The van der Waals surface area contributed by atoms with Crippen LogP contribution in [0.15, 0.2) is 83.4 Å². The smallest absolute Gasteiger partial charge is 0.289 e. The molecule has 0 fully saturated rings. The summed E-state index contributed by atoms with van der Waals surface area (Å²) in [7, 11) is -3.96. The van der Waals surface area contributed by atoms with Gasteiger partial charge in [-0.1, -0.05) is 47.5 Å². The van der Waals surface area contributed by atoms with E-state index in [-0.39, 0.29) is 21.2 Å². The van der Waals surface area contributed by atoms with Crippen LogP contribution in [0.4, 0.5) is 11.4 Å². The highest BCUT2D eigenvalue weighted by molar-refractivity contribution is 7.90. The van der Waals surface area contributed by atoms with Crippen LogP contribution in [0.25, 0.3) is 17.0 Å². The Morgan fingerprint density at radius 1 is 1.14 bits per heavy atom. The second kappa shape index (κ2) is 9.65. The maximum atomic E-state index is 13.3. The van der Waals surface area contributed by atoms with Crippen LogP contribution in [0.1, 0.15) is 11.1 Å². The SMILES string of the molecule is Cc1ccc(S(=O)(=O)n2cc(/C=C(\C#N)C(=O)Nc3ccc(Cl)c([N+](=O)[O-])c3)c3ccccc32)cc1. The van der Waals surface area contributed by atoms with Gasteiger partial charge in [0.25, 0.3) is 21.6 Å². The summed E-state index contributed by atoms with van der Waals surface area (Å²) in [6.45, 7) is 1.85. The summed E-state index contributed by atoms with van der Waals surface area (Å²) in [5.74, 6) is -0.827. The van der Waals surface area contributed by atoms with E-state index in [9.17, 15) is 28.6 Å². The van der Waals surface area contributed by atoms with Crippen molar-refractivity contribution in [3.05, 3.63) is 105 Å². The van der Waals surface area contributed by atoms with Gasteiger partial charge in [0.15, 0.2) is 0 Å². The summed E-state index contributed by atoms with van der Waals surface area (Å²) in [5.41, 5.74) is 0.947. The van der Waals surface area contributed by atoms with Gasteiger partial charge in [-0.25, -0.2) is 12.4 Å². The number of nitriles is 1. The van der Waals surface area contributed by atoms with E-state index in [1.807, 2.05) is 6.92 Å². The normalized spacial score (nSPS) is 11.8. The summed E-state index contributed by atoms with van der Waals surface area (Å²) in [4.78, 5) is 23.3. The first-order valence-corrected chi connectivity index (χ1v) is 12.2. The van der Waals surface area contributed by atoms with E-state index in [4.69, 9.17) is 11.6 Å². The first-order valence-electron chi connectivity index (χ1n) is 10.4. The van der Waals surface area contributed by atoms with Crippen molar-refractivity contribution in [2.75, 3.05) is 5.32 Å². The van der Waals surface area contributed by atoms with E-state index in [2.05, 4.69) is 5.32 Å². The van der Waals surface area contributed by atoms with E-state index in [0.29, 0.717) is 16.5 Å². The number of aromatic nitrogens is 1. The van der Waals surface area contributed by atoms with E-state index in [1.54, 1.807) is 42.5 Å². The lowest BCUT2D eigenvalue weighted by molar-refractivity contribution is -0.384. The van der Waals surface area contributed by atoms with E-state index in [0.717, 1.165) is 15.6 Å². The Labute approximate surface area is 211 Å². The Kier molecular flexibility index (Phi) is 6.61. The van der Waals surface area contributed by atoms with Crippen molar-refractivity contribution >= 4 is 55.9 Å². The number of hydrogen-bond donors (Lipinski definition) is 1. The number of benzene rings is 3. The number of nitrogens with one attached hydrogen (secondary N) is 1. The number of carbonyl (C=O) groups is 1. The highest BCUT2D eigenvalue weighted by Crippen LogP contribution is 2.29. The minimum absolute atomic E-state index is 0.0710. The summed E-state index contributed by atoms with van der Waals surface area (Å²) in [6, 6.07) is 18.6. The number of halogens is 1. The van der Waals surface area contributed by atoms with Crippen LogP contribution in [-0.2, 0) is 14.8 Å². The predicted octanol–water partition coefficient (Wildman–Crippen LogP) is 5.29. The zero-order chi connectivity index (χ0) is 26.0. The summed E-state index contributed by atoms with van der Waals surface area (Å²) in [6.07, 6.45) is 2.61. The molecule has 0 unspecified atom stereocenters. The minimum atomic E-state index is -3.96. The van der Waals surface area contributed by atoms with Crippen LogP contribution in [0, 0.1) is 28.4 Å². The van der Waals surface area contributed by atoms with Crippen LogP contribution in [0.5, 0.6) is 0 Å². The van der Waals surface area contributed by atoms with E-state index < -0.39 is 26.5 Å². The molecule has 0 spiro atoms. The van der Waals surface area contributed by atoms with Gasteiger partial charge in [0.2, 0.25) is 0 Å². The number of aryl methyl sites for hydroxylation is 1. The van der Waals surface area contributed by atoms with Crippen molar-refractivity contribution in [2.24, 2.45) is 0 Å². The van der Waals surface area contributed by atoms with Crippen LogP contribution in [0.2, 0.25) is 5.02 Å². The predicted molar refractivity (Wildman–Crippen MR) is 136 cm³/mol. The molecule has 0 aliphatic carbocycles. The third kappa shape index (κ3) is 4.70. The molecular weight excluding hydrogens is 504 g/mol. The Balaban J connectivity index is 1.75. The zero-order valence-corrected chi connectivity index (χ0v) is 20.2. The number of nitro groups is 1. The van der Waals surface area contributed by atoms with Crippen molar-refractivity contribution in [3.8, 4) is 6.07 Å². The second-order valence-corrected chi connectivity index (χ2v) is 9.98. The number of amides is 1. The van der Waals surface area contributed by atoms with Gasteiger partial charge in [-0.3, -0.25) is 14.9 Å². The number of rotatable bonds is 6. The molecule has 0 bridgehead atoms. The molecule has 4 rings (SSSR count). The number of nitrogens with zero attached hydrogens (tertiary/aromatic N) is 3. The lowest BCUT2D eigenvalue weighted by Gasteiger charge is -2.07. The molecule has 4 aromatic rings. The monoisotopic (exact) mass is 520 g/mol. The fourth-order valence-electron chi connectivity index (χ4n) is 3.55. The molecule has 0 saturated heterocycles. The number of carbonyl (C=O) groups excluding carboxylic acids is 1. The first-order chi connectivity index (χ1) is 17.1. The third-order valence-electron chi connectivity index (χ3n) is 5.35. The molecule has 1 amide bonds. The van der Waals surface area contributed by atoms with Gasteiger partial charge in [0, 0.05) is 28.9 Å². The topological polar surface area (TPSA) is 135 Å². The van der Waals surface area contributed by atoms with Crippen molar-refractivity contribution in [1.82, 2.24) is 3.97 Å². The van der Waals surface area contributed by atoms with Gasteiger partial charge in [0.05, 0.1) is 15.3 Å². The molecular formula is C25H17ClN4O5S. The number of hydrogen-bond acceptors (Lipinski definition) is 6. The largest absolute Gasteiger partial charge is 0.321 e. The number of anilines is 1. The number of para-hydroxylation sites is 1. The average molecular weight is 521 g/mol. The molecule has 0 aliphatic rings. The molecule has 1 N–H and O–H groups in total. The molecule has 1 heterocycles. The Morgan fingerprint density at radius 3 is 2.50 bits per heavy atom.